The second-order valence-electron chi connectivity index (χ2n) is 5.38. The fraction of sp³-hybridized carbons (Fsp3) is 0.357. The Hall–Kier alpha value is -1.53. The molecule has 1 fully saturated rings. The van der Waals surface area contributed by atoms with Crippen LogP contribution in [0.4, 0.5) is 4.39 Å². The van der Waals surface area contributed by atoms with Crippen LogP contribution in [0.5, 0.6) is 0 Å². The maximum atomic E-state index is 13.4. The van der Waals surface area contributed by atoms with Crippen molar-refractivity contribution in [1.82, 2.24) is 14.9 Å². The molecule has 1 aliphatic rings. The molecule has 21 heavy (non-hydrogen) atoms. The van der Waals surface area contributed by atoms with Crippen LogP contribution in [0.15, 0.2) is 23.8 Å². The number of hydrogen-bond donors (Lipinski definition) is 0. The van der Waals surface area contributed by atoms with Crippen LogP contribution < -0.4 is 0 Å². The Bertz CT molecular complexity index is 663. The van der Waals surface area contributed by atoms with E-state index in [1.165, 1.54) is 18.3 Å². The average Bonchev–Trinajstić information content (AvgIpc) is 2.85. The standard InChI is InChI=1S/C14H13ClFN3OS/c1-14(16)7-19(8-14)12(20)3-11-2-9(6-21-11)10-4-17-13(15)18-5-10/h2,4-6H,3,7-8H2,1H3. The van der Waals surface area contributed by atoms with Crippen molar-refractivity contribution in [2.45, 2.75) is 19.0 Å². The molecule has 0 atom stereocenters. The van der Waals surface area contributed by atoms with Gasteiger partial charge in [-0.3, -0.25) is 4.79 Å². The van der Waals surface area contributed by atoms with E-state index in [-0.39, 0.29) is 24.3 Å². The van der Waals surface area contributed by atoms with Crippen LogP contribution in [0.2, 0.25) is 5.28 Å². The number of alkyl halides is 1. The molecule has 0 N–H and O–H groups in total. The second kappa shape index (κ2) is 5.35. The lowest BCUT2D eigenvalue weighted by molar-refractivity contribution is -0.143. The van der Waals surface area contributed by atoms with Gasteiger partial charge in [0.2, 0.25) is 11.2 Å². The summed E-state index contributed by atoms with van der Waals surface area (Å²) < 4.78 is 13.4. The van der Waals surface area contributed by atoms with E-state index in [0.717, 1.165) is 16.0 Å². The maximum Gasteiger partial charge on any atom is 0.228 e. The zero-order valence-corrected chi connectivity index (χ0v) is 12.9. The van der Waals surface area contributed by atoms with Gasteiger partial charge < -0.3 is 4.90 Å². The summed E-state index contributed by atoms with van der Waals surface area (Å²) in [5.74, 6) is -0.0362. The fourth-order valence-electron chi connectivity index (χ4n) is 2.27. The SMILES string of the molecule is CC1(F)CN(C(=O)Cc2cc(-c3cnc(Cl)nc3)cs2)C1. The van der Waals surface area contributed by atoms with Crippen LogP contribution in [-0.4, -0.2) is 39.5 Å². The number of rotatable bonds is 3. The number of nitrogens with zero attached hydrogens (tertiary/aromatic N) is 3. The van der Waals surface area contributed by atoms with Crippen LogP contribution in [0.25, 0.3) is 11.1 Å². The summed E-state index contributed by atoms with van der Waals surface area (Å²) in [6.45, 7) is 1.89. The molecular weight excluding hydrogens is 313 g/mol. The second-order valence-corrected chi connectivity index (χ2v) is 6.72. The molecular formula is C14H13ClFN3OS. The van der Waals surface area contributed by atoms with Gasteiger partial charge in [-0.05, 0) is 35.5 Å². The molecule has 1 saturated heterocycles. The Balaban J connectivity index is 1.65. The number of likely N-dealkylation sites (tertiary alicyclic amines) is 1. The average molecular weight is 326 g/mol. The minimum atomic E-state index is -1.23. The molecule has 2 aromatic heterocycles. The first-order valence-electron chi connectivity index (χ1n) is 6.45. The summed E-state index contributed by atoms with van der Waals surface area (Å²) in [5.41, 5.74) is 0.588. The first kappa shape index (κ1) is 14.4. The van der Waals surface area contributed by atoms with E-state index in [4.69, 9.17) is 11.6 Å². The fourth-order valence-corrected chi connectivity index (χ4v) is 3.25. The molecule has 0 unspecified atom stereocenters. The van der Waals surface area contributed by atoms with Crippen molar-refractivity contribution in [2.75, 3.05) is 13.1 Å². The van der Waals surface area contributed by atoms with Crippen molar-refractivity contribution in [3.63, 3.8) is 0 Å². The number of carbonyl (C=O) groups is 1. The van der Waals surface area contributed by atoms with E-state index >= 15 is 0 Å². The van der Waals surface area contributed by atoms with Crippen molar-refractivity contribution in [3.8, 4) is 11.1 Å². The van der Waals surface area contributed by atoms with Crippen molar-refractivity contribution in [3.05, 3.63) is 34.0 Å². The molecule has 110 valence electrons. The lowest BCUT2D eigenvalue weighted by atomic mass is 9.98. The van der Waals surface area contributed by atoms with Gasteiger partial charge in [0.15, 0.2) is 0 Å². The number of amides is 1. The third kappa shape index (κ3) is 3.22. The van der Waals surface area contributed by atoms with Gasteiger partial charge in [-0.1, -0.05) is 0 Å². The first-order chi connectivity index (χ1) is 9.93. The van der Waals surface area contributed by atoms with Crippen LogP contribution in [0.3, 0.4) is 0 Å². The predicted octanol–water partition coefficient (Wildman–Crippen LogP) is 2.97. The highest BCUT2D eigenvalue weighted by atomic mass is 35.5. The van der Waals surface area contributed by atoms with Gasteiger partial charge in [-0.25, -0.2) is 14.4 Å². The molecule has 2 aromatic rings. The summed E-state index contributed by atoms with van der Waals surface area (Å²) >= 11 is 7.15. The van der Waals surface area contributed by atoms with Gasteiger partial charge in [-0.15, -0.1) is 11.3 Å². The molecule has 0 radical (unpaired) electrons. The van der Waals surface area contributed by atoms with Crippen molar-refractivity contribution in [2.24, 2.45) is 0 Å². The normalized spacial score (nSPS) is 16.6. The van der Waals surface area contributed by atoms with E-state index in [2.05, 4.69) is 9.97 Å². The van der Waals surface area contributed by atoms with Crippen LogP contribution >= 0.6 is 22.9 Å². The highest BCUT2D eigenvalue weighted by Crippen LogP contribution is 2.28. The van der Waals surface area contributed by atoms with E-state index in [1.54, 1.807) is 17.3 Å². The van der Waals surface area contributed by atoms with Gasteiger partial charge in [0.05, 0.1) is 19.5 Å². The Labute approximate surface area is 130 Å². The number of halogens is 2. The lowest BCUT2D eigenvalue weighted by Crippen LogP contribution is -2.59. The smallest absolute Gasteiger partial charge is 0.228 e. The molecule has 7 heteroatoms. The van der Waals surface area contributed by atoms with E-state index in [9.17, 15) is 9.18 Å². The third-order valence-electron chi connectivity index (χ3n) is 3.33. The van der Waals surface area contributed by atoms with E-state index in [1.807, 2.05) is 11.4 Å². The molecule has 0 bridgehead atoms. The Morgan fingerprint density at radius 2 is 2.10 bits per heavy atom. The molecule has 1 aliphatic heterocycles. The van der Waals surface area contributed by atoms with Crippen LogP contribution in [0, 0.1) is 0 Å². The van der Waals surface area contributed by atoms with Gasteiger partial charge in [-0.2, -0.15) is 0 Å². The molecule has 3 heterocycles. The number of thiophene rings is 1. The quantitative estimate of drug-likeness (QED) is 0.815. The van der Waals surface area contributed by atoms with Gasteiger partial charge in [0, 0.05) is 22.8 Å². The third-order valence-corrected chi connectivity index (χ3v) is 4.46. The maximum absolute atomic E-state index is 13.4. The minimum absolute atomic E-state index is 0.0362. The van der Waals surface area contributed by atoms with Gasteiger partial charge in [0.25, 0.3) is 0 Å². The Morgan fingerprint density at radius 1 is 1.43 bits per heavy atom. The zero-order valence-electron chi connectivity index (χ0n) is 11.3. The minimum Gasteiger partial charge on any atom is -0.336 e. The highest BCUT2D eigenvalue weighted by molar-refractivity contribution is 7.10. The topological polar surface area (TPSA) is 46.1 Å². The van der Waals surface area contributed by atoms with Crippen LogP contribution in [-0.2, 0) is 11.2 Å². The van der Waals surface area contributed by atoms with Crippen molar-refractivity contribution < 1.29 is 9.18 Å². The number of aromatic nitrogens is 2. The van der Waals surface area contributed by atoms with Crippen molar-refractivity contribution in [1.29, 1.82) is 0 Å². The summed E-state index contributed by atoms with van der Waals surface area (Å²) in [5, 5.41) is 2.15. The predicted molar refractivity (Wildman–Crippen MR) is 80.2 cm³/mol. The summed E-state index contributed by atoms with van der Waals surface area (Å²) in [4.78, 5) is 22.4. The monoisotopic (exact) mass is 325 g/mol. The van der Waals surface area contributed by atoms with Gasteiger partial charge in [0.1, 0.15) is 5.67 Å². The molecule has 0 spiro atoms. The van der Waals surface area contributed by atoms with Crippen LogP contribution in [0.1, 0.15) is 11.8 Å². The molecule has 0 aliphatic carbocycles. The summed E-state index contributed by atoms with van der Waals surface area (Å²) in [6, 6.07) is 1.93. The molecule has 3 rings (SSSR count). The Kier molecular flexibility index (Phi) is 3.67. The van der Waals surface area contributed by atoms with Crippen molar-refractivity contribution >= 4 is 28.8 Å². The largest absolute Gasteiger partial charge is 0.336 e. The number of hydrogen-bond acceptors (Lipinski definition) is 4. The summed E-state index contributed by atoms with van der Waals surface area (Å²) in [7, 11) is 0. The molecule has 0 aromatic carbocycles. The first-order valence-corrected chi connectivity index (χ1v) is 7.71. The Morgan fingerprint density at radius 3 is 2.71 bits per heavy atom. The van der Waals surface area contributed by atoms with E-state index in [0.29, 0.717) is 6.42 Å². The lowest BCUT2D eigenvalue weighted by Gasteiger charge is -2.42. The van der Waals surface area contributed by atoms with E-state index < -0.39 is 5.67 Å². The molecule has 1 amide bonds. The zero-order chi connectivity index (χ0) is 15.0. The summed E-state index contributed by atoms with van der Waals surface area (Å²) in [6.07, 6.45) is 3.59. The molecule has 4 nitrogen and oxygen atoms in total. The molecule has 0 saturated carbocycles. The van der Waals surface area contributed by atoms with Gasteiger partial charge >= 0.3 is 0 Å². The number of carbonyl (C=O) groups excluding carboxylic acids is 1. The highest BCUT2D eigenvalue weighted by Gasteiger charge is 2.41.